The number of rotatable bonds is 6. The van der Waals surface area contributed by atoms with Gasteiger partial charge < -0.3 is 10.1 Å². The van der Waals surface area contributed by atoms with Crippen molar-refractivity contribution in [1.29, 1.82) is 0 Å². The van der Waals surface area contributed by atoms with Crippen LogP contribution in [0.2, 0.25) is 0 Å². The molecule has 116 valence electrons. The van der Waals surface area contributed by atoms with Crippen LogP contribution in [0, 0.1) is 0 Å². The van der Waals surface area contributed by atoms with Gasteiger partial charge in [0, 0.05) is 5.69 Å². The van der Waals surface area contributed by atoms with Crippen molar-refractivity contribution in [1.82, 2.24) is 0 Å². The Labute approximate surface area is 132 Å². The summed E-state index contributed by atoms with van der Waals surface area (Å²) in [5.41, 5.74) is 3.09. The van der Waals surface area contributed by atoms with Gasteiger partial charge in [-0.1, -0.05) is 31.2 Å². The summed E-state index contributed by atoms with van der Waals surface area (Å²) in [5, 5.41) is 2.91. The summed E-state index contributed by atoms with van der Waals surface area (Å²) in [6, 6.07) is 15.6. The van der Waals surface area contributed by atoms with Gasteiger partial charge in [-0.3, -0.25) is 4.79 Å². The minimum Gasteiger partial charge on any atom is -0.491 e. The molecule has 0 fully saturated rings. The molecule has 0 unspecified atom stereocenters. The van der Waals surface area contributed by atoms with Crippen molar-refractivity contribution in [2.24, 2.45) is 0 Å². The highest BCUT2D eigenvalue weighted by molar-refractivity contribution is 5.92. The summed E-state index contributed by atoms with van der Waals surface area (Å²) in [6.45, 7) is 6.09. The third-order valence-electron chi connectivity index (χ3n) is 3.31. The second-order valence-electron chi connectivity index (χ2n) is 5.59. The molecule has 1 amide bonds. The van der Waals surface area contributed by atoms with E-state index in [0.29, 0.717) is 6.42 Å². The Morgan fingerprint density at radius 3 is 2.14 bits per heavy atom. The summed E-state index contributed by atoms with van der Waals surface area (Å²) >= 11 is 0. The first kappa shape index (κ1) is 16.1. The van der Waals surface area contributed by atoms with E-state index in [2.05, 4.69) is 24.4 Å². The zero-order valence-electron chi connectivity index (χ0n) is 13.4. The maximum Gasteiger partial charge on any atom is 0.228 e. The van der Waals surface area contributed by atoms with E-state index in [4.69, 9.17) is 4.74 Å². The fraction of sp³-hybridized carbons (Fsp3) is 0.316. The molecule has 0 aromatic heterocycles. The van der Waals surface area contributed by atoms with Gasteiger partial charge in [-0.25, -0.2) is 0 Å². The zero-order chi connectivity index (χ0) is 15.9. The molecule has 0 heterocycles. The molecule has 0 bridgehead atoms. The molecule has 0 aliphatic heterocycles. The van der Waals surface area contributed by atoms with E-state index in [1.165, 1.54) is 5.56 Å². The maximum absolute atomic E-state index is 12.1. The summed E-state index contributed by atoms with van der Waals surface area (Å²) < 4.78 is 5.58. The van der Waals surface area contributed by atoms with E-state index < -0.39 is 0 Å². The van der Waals surface area contributed by atoms with Gasteiger partial charge in [0.05, 0.1) is 12.5 Å². The Morgan fingerprint density at radius 2 is 1.59 bits per heavy atom. The van der Waals surface area contributed by atoms with Gasteiger partial charge in [-0.05, 0) is 55.7 Å². The Balaban J connectivity index is 1.90. The van der Waals surface area contributed by atoms with Crippen LogP contribution in [0.25, 0.3) is 0 Å². The van der Waals surface area contributed by atoms with Crippen LogP contribution >= 0.6 is 0 Å². The van der Waals surface area contributed by atoms with Crippen molar-refractivity contribution in [3.05, 3.63) is 59.7 Å². The molecule has 0 saturated heterocycles. The highest BCUT2D eigenvalue weighted by Crippen LogP contribution is 2.17. The Kier molecular flexibility index (Phi) is 5.59. The number of amides is 1. The molecule has 3 heteroatoms. The largest absolute Gasteiger partial charge is 0.491 e. The van der Waals surface area contributed by atoms with E-state index in [-0.39, 0.29) is 12.0 Å². The molecule has 3 nitrogen and oxygen atoms in total. The molecule has 2 rings (SSSR count). The fourth-order valence-corrected chi connectivity index (χ4v) is 2.17. The van der Waals surface area contributed by atoms with Crippen molar-refractivity contribution in [3.8, 4) is 5.75 Å². The lowest BCUT2D eigenvalue weighted by atomic mass is 10.1. The number of ether oxygens (including phenoxy) is 1. The van der Waals surface area contributed by atoms with Crippen LogP contribution in [0.5, 0.6) is 5.75 Å². The molecule has 2 aromatic rings. The van der Waals surface area contributed by atoms with Crippen molar-refractivity contribution < 1.29 is 9.53 Å². The zero-order valence-corrected chi connectivity index (χ0v) is 13.4. The summed E-state index contributed by atoms with van der Waals surface area (Å²) in [7, 11) is 0. The van der Waals surface area contributed by atoms with Gasteiger partial charge >= 0.3 is 0 Å². The number of carbonyl (C=O) groups is 1. The number of nitrogens with one attached hydrogen (secondary N) is 1. The number of anilines is 1. The predicted molar refractivity (Wildman–Crippen MR) is 90.4 cm³/mol. The highest BCUT2D eigenvalue weighted by Gasteiger charge is 2.05. The van der Waals surface area contributed by atoms with E-state index in [1.807, 2.05) is 50.2 Å². The van der Waals surface area contributed by atoms with E-state index in [9.17, 15) is 4.79 Å². The van der Waals surface area contributed by atoms with Crippen LogP contribution in [0.15, 0.2) is 48.5 Å². The SMILES string of the molecule is CCc1ccc(CC(=O)Nc2ccc(OC(C)C)cc2)cc1. The first-order valence-electron chi connectivity index (χ1n) is 7.71. The maximum atomic E-state index is 12.1. The molecule has 0 radical (unpaired) electrons. The smallest absolute Gasteiger partial charge is 0.228 e. The molecule has 0 saturated carbocycles. The van der Waals surface area contributed by atoms with Gasteiger partial charge in [0.2, 0.25) is 5.91 Å². The van der Waals surface area contributed by atoms with Gasteiger partial charge in [-0.15, -0.1) is 0 Å². The molecule has 0 aliphatic rings. The van der Waals surface area contributed by atoms with Crippen LogP contribution in [0.1, 0.15) is 31.9 Å². The molecule has 0 atom stereocenters. The monoisotopic (exact) mass is 297 g/mol. The summed E-state index contributed by atoms with van der Waals surface area (Å²) in [5.74, 6) is 0.796. The third-order valence-corrected chi connectivity index (χ3v) is 3.31. The molecule has 2 aromatic carbocycles. The van der Waals surface area contributed by atoms with Crippen LogP contribution in [-0.4, -0.2) is 12.0 Å². The molecular formula is C19H23NO2. The number of aryl methyl sites for hydroxylation is 1. The van der Waals surface area contributed by atoms with Gasteiger partial charge in [-0.2, -0.15) is 0 Å². The normalized spacial score (nSPS) is 10.5. The quantitative estimate of drug-likeness (QED) is 0.867. The lowest BCUT2D eigenvalue weighted by Gasteiger charge is -2.10. The van der Waals surface area contributed by atoms with E-state index >= 15 is 0 Å². The average molecular weight is 297 g/mol. The second kappa shape index (κ2) is 7.64. The second-order valence-corrected chi connectivity index (χ2v) is 5.59. The van der Waals surface area contributed by atoms with E-state index in [1.54, 1.807) is 0 Å². The van der Waals surface area contributed by atoms with E-state index in [0.717, 1.165) is 23.4 Å². The number of carbonyl (C=O) groups excluding carboxylic acids is 1. The van der Waals surface area contributed by atoms with Gasteiger partial charge in [0.25, 0.3) is 0 Å². The topological polar surface area (TPSA) is 38.3 Å². The fourth-order valence-electron chi connectivity index (χ4n) is 2.17. The average Bonchev–Trinajstić information content (AvgIpc) is 2.49. The third kappa shape index (κ3) is 4.92. The standard InChI is InChI=1S/C19H23NO2/c1-4-15-5-7-16(8-6-15)13-19(21)20-17-9-11-18(12-10-17)22-14(2)3/h5-12,14H,4,13H2,1-3H3,(H,20,21). The van der Waals surface area contributed by atoms with Crippen LogP contribution in [0.4, 0.5) is 5.69 Å². The summed E-state index contributed by atoms with van der Waals surface area (Å²) in [6.07, 6.45) is 1.54. The minimum atomic E-state index is -0.0122. The lowest BCUT2D eigenvalue weighted by Crippen LogP contribution is -2.14. The molecular weight excluding hydrogens is 274 g/mol. The Bertz CT molecular complexity index is 600. The summed E-state index contributed by atoms with van der Waals surface area (Å²) in [4.78, 5) is 12.1. The van der Waals surface area contributed by atoms with Crippen LogP contribution in [0.3, 0.4) is 0 Å². The van der Waals surface area contributed by atoms with Gasteiger partial charge in [0.1, 0.15) is 5.75 Å². The van der Waals surface area contributed by atoms with Crippen molar-refractivity contribution >= 4 is 11.6 Å². The van der Waals surface area contributed by atoms with Crippen molar-refractivity contribution in [2.75, 3.05) is 5.32 Å². The molecule has 1 N–H and O–H groups in total. The van der Waals surface area contributed by atoms with Crippen molar-refractivity contribution in [2.45, 2.75) is 39.7 Å². The van der Waals surface area contributed by atoms with Gasteiger partial charge in [0.15, 0.2) is 0 Å². The first-order valence-corrected chi connectivity index (χ1v) is 7.71. The first-order chi connectivity index (χ1) is 10.6. The lowest BCUT2D eigenvalue weighted by molar-refractivity contribution is -0.115. The predicted octanol–water partition coefficient (Wildman–Crippen LogP) is 4.22. The van der Waals surface area contributed by atoms with Crippen LogP contribution in [-0.2, 0) is 17.6 Å². The molecule has 0 aliphatic carbocycles. The number of hydrogen-bond acceptors (Lipinski definition) is 2. The molecule has 0 spiro atoms. The van der Waals surface area contributed by atoms with Crippen LogP contribution < -0.4 is 10.1 Å². The highest BCUT2D eigenvalue weighted by atomic mass is 16.5. The number of hydrogen-bond donors (Lipinski definition) is 1. The Morgan fingerprint density at radius 1 is 1.00 bits per heavy atom. The minimum absolute atomic E-state index is 0.0122. The number of benzene rings is 2. The van der Waals surface area contributed by atoms with Crippen molar-refractivity contribution in [3.63, 3.8) is 0 Å². The molecule has 22 heavy (non-hydrogen) atoms. The Hall–Kier alpha value is -2.29.